The molecule has 0 aliphatic carbocycles. The molecule has 0 atom stereocenters. The van der Waals surface area contributed by atoms with Crippen LogP contribution in [-0.2, 0) is 13.1 Å². The van der Waals surface area contributed by atoms with Gasteiger partial charge >= 0.3 is 0 Å². The molecule has 15 heavy (non-hydrogen) atoms. The molecule has 3 heteroatoms. The first-order valence-corrected chi connectivity index (χ1v) is 5.75. The van der Waals surface area contributed by atoms with Crippen LogP contribution in [0.25, 0.3) is 0 Å². The predicted molar refractivity (Wildman–Crippen MR) is 63.3 cm³/mol. The van der Waals surface area contributed by atoms with Crippen molar-refractivity contribution in [3.63, 3.8) is 0 Å². The molecule has 0 amide bonds. The number of nitrogens with two attached hydrogens (primary N) is 1. The molecular formula is C12H23N3. The Bertz CT molecular complexity index is 281. The van der Waals surface area contributed by atoms with Crippen LogP contribution in [-0.4, -0.2) is 9.55 Å². The van der Waals surface area contributed by atoms with Gasteiger partial charge < -0.3 is 10.3 Å². The zero-order valence-electron chi connectivity index (χ0n) is 10.3. The number of hydrogen-bond acceptors (Lipinski definition) is 2. The van der Waals surface area contributed by atoms with Crippen LogP contribution in [0.2, 0.25) is 0 Å². The van der Waals surface area contributed by atoms with E-state index in [1.54, 1.807) is 0 Å². The van der Waals surface area contributed by atoms with E-state index in [0.717, 1.165) is 12.2 Å². The van der Waals surface area contributed by atoms with E-state index in [4.69, 9.17) is 5.73 Å². The molecular weight excluding hydrogens is 186 g/mol. The fourth-order valence-corrected chi connectivity index (χ4v) is 2.10. The molecule has 0 aliphatic rings. The van der Waals surface area contributed by atoms with Crippen LogP contribution in [0.15, 0.2) is 12.5 Å². The molecule has 0 spiro atoms. The highest BCUT2D eigenvalue weighted by atomic mass is 15.1. The van der Waals surface area contributed by atoms with Gasteiger partial charge in [0.15, 0.2) is 0 Å². The third kappa shape index (κ3) is 3.06. The van der Waals surface area contributed by atoms with E-state index >= 15 is 0 Å². The minimum absolute atomic E-state index is 0.572. The van der Waals surface area contributed by atoms with Crippen molar-refractivity contribution in [2.75, 3.05) is 0 Å². The highest BCUT2D eigenvalue weighted by Crippen LogP contribution is 2.22. The molecule has 0 bridgehead atoms. The molecule has 3 nitrogen and oxygen atoms in total. The first-order chi connectivity index (χ1) is 7.06. The van der Waals surface area contributed by atoms with Crippen molar-refractivity contribution in [1.82, 2.24) is 9.55 Å². The van der Waals surface area contributed by atoms with Gasteiger partial charge in [-0.15, -0.1) is 0 Å². The summed E-state index contributed by atoms with van der Waals surface area (Å²) in [6.45, 7) is 10.7. The predicted octanol–water partition coefficient (Wildman–Crippen LogP) is 2.27. The van der Waals surface area contributed by atoms with Crippen LogP contribution in [0.1, 0.15) is 33.4 Å². The van der Waals surface area contributed by atoms with E-state index in [0.29, 0.717) is 24.3 Å². The molecule has 0 saturated carbocycles. The highest BCUT2D eigenvalue weighted by Gasteiger charge is 2.18. The molecule has 86 valence electrons. The summed E-state index contributed by atoms with van der Waals surface area (Å²) < 4.78 is 2.19. The molecule has 0 fully saturated rings. The smallest absolute Gasteiger partial charge is 0.0948 e. The first kappa shape index (κ1) is 12.2. The molecule has 0 saturated heterocycles. The summed E-state index contributed by atoms with van der Waals surface area (Å²) in [5.74, 6) is 2.07. The van der Waals surface area contributed by atoms with Crippen molar-refractivity contribution >= 4 is 0 Å². The second-order valence-corrected chi connectivity index (χ2v) is 4.89. The number of imidazole rings is 1. The Balaban J connectivity index is 2.74. The summed E-state index contributed by atoms with van der Waals surface area (Å²) >= 11 is 0. The summed E-state index contributed by atoms with van der Waals surface area (Å²) in [4.78, 5) is 4.15. The van der Waals surface area contributed by atoms with Crippen LogP contribution in [0, 0.1) is 17.8 Å². The Hall–Kier alpha value is -0.830. The molecule has 0 aromatic carbocycles. The van der Waals surface area contributed by atoms with E-state index in [2.05, 4.69) is 37.2 Å². The summed E-state index contributed by atoms with van der Waals surface area (Å²) in [7, 11) is 0. The number of nitrogens with zero attached hydrogens (tertiary/aromatic N) is 2. The molecule has 1 aromatic rings. The molecule has 1 heterocycles. The van der Waals surface area contributed by atoms with E-state index in [1.165, 1.54) is 0 Å². The lowest BCUT2D eigenvalue weighted by molar-refractivity contribution is 0.249. The lowest BCUT2D eigenvalue weighted by Gasteiger charge is -2.25. The van der Waals surface area contributed by atoms with Crippen LogP contribution >= 0.6 is 0 Å². The maximum Gasteiger partial charge on any atom is 0.0948 e. The molecule has 0 unspecified atom stereocenters. The van der Waals surface area contributed by atoms with Crippen molar-refractivity contribution in [3.05, 3.63) is 18.2 Å². The van der Waals surface area contributed by atoms with Gasteiger partial charge in [-0.2, -0.15) is 0 Å². The normalized spacial score (nSPS) is 12.0. The maximum atomic E-state index is 5.66. The van der Waals surface area contributed by atoms with Crippen molar-refractivity contribution in [1.29, 1.82) is 0 Å². The number of rotatable bonds is 5. The van der Waals surface area contributed by atoms with Crippen molar-refractivity contribution < 1.29 is 0 Å². The number of hydrogen-bond donors (Lipinski definition) is 1. The minimum atomic E-state index is 0.572. The third-order valence-electron chi connectivity index (χ3n) is 3.13. The SMILES string of the molecule is CC(C)C(Cn1cncc1CN)C(C)C. The second kappa shape index (κ2) is 5.31. The topological polar surface area (TPSA) is 43.8 Å². The standard InChI is InChI=1S/C12H23N3/c1-9(2)12(10(3)4)7-15-8-14-6-11(15)5-13/h6,8-10,12H,5,7,13H2,1-4H3. The Kier molecular flexibility index (Phi) is 4.33. The maximum absolute atomic E-state index is 5.66. The van der Waals surface area contributed by atoms with Gasteiger partial charge in [0, 0.05) is 19.3 Å². The van der Waals surface area contributed by atoms with Gasteiger partial charge in [0.1, 0.15) is 0 Å². The van der Waals surface area contributed by atoms with Crippen molar-refractivity contribution in [2.45, 2.75) is 40.8 Å². The van der Waals surface area contributed by atoms with E-state index < -0.39 is 0 Å². The average molecular weight is 209 g/mol. The fourth-order valence-electron chi connectivity index (χ4n) is 2.10. The van der Waals surface area contributed by atoms with Crippen LogP contribution < -0.4 is 5.73 Å². The average Bonchev–Trinajstić information content (AvgIpc) is 2.59. The largest absolute Gasteiger partial charge is 0.333 e. The molecule has 2 N–H and O–H groups in total. The van der Waals surface area contributed by atoms with Gasteiger partial charge in [-0.3, -0.25) is 0 Å². The Morgan fingerprint density at radius 1 is 1.27 bits per heavy atom. The minimum Gasteiger partial charge on any atom is -0.333 e. The quantitative estimate of drug-likeness (QED) is 0.808. The fraction of sp³-hybridized carbons (Fsp3) is 0.750. The molecule has 1 rings (SSSR count). The zero-order chi connectivity index (χ0) is 11.4. The van der Waals surface area contributed by atoms with Gasteiger partial charge in [-0.05, 0) is 17.8 Å². The van der Waals surface area contributed by atoms with Gasteiger partial charge in [0.05, 0.1) is 12.0 Å². The summed E-state index contributed by atoms with van der Waals surface area (Å²) in [5, 5.41) is 0. The molecule has 1 aromatic heterocycles. The Morgan fingerprint density at radius 2 is 1.87 bits per heavy atom. The Labute approximate surface area is 92.7 Å². The van der Waals surface area contributed by atoms with E-state index in [1.807, 2.05) is 12.5 Å². The summed E-state index contributed by atoms with van der Waals surface area (Å²) in [6, 6.07) is 0. The monoisotopic (exact) mass is 209 g/mol. The second-order valence-electron chi connectivity index (χ2n) is 4.89. The third-order valence-corrected chi connectivity index (χ3v) is 3.13. The lowest BCUT2D eigenvalue weighted by Crippen LogP contribution is -2.23. The van der Waals surface area contributed by atoms with Crippen molar-refractivity contribution in [3.8, 4) is 0 Å². The first-order valence-electron chi connectivity index (χ1n) is 5.75. The van der Waals surface area contributed by atoms with Gasteiger partial charge in [-0.1, -0.05) is 27.7 Å². The highest BCUT2D eigenvalue weighted by molar-refractivity contribution is 4.97. The summed E-state index contributed by atoms with van der Waals surface area (Å²) in [6.07, 6.45) is 3.75. The van der Waals surface area contributed by atoms with E-state index in [-0.39, 0.29) is 0 Å². The van der Waals surface area contributed by atoms with Gasteiger partial charge in [-0.25, -0.2) is 4.98 Å². The van der Waals surface area contributed by atoms with Crippen LogP contribution in [0.5, 0.6) is 0 Å². The van der Waals surface area contributed by atoms with Gasteiger partial charge in [0.25, 0.3) is 0 Å². The molecule has 0 aliphatic heterocycles. The van der Waals surface area contributed by atoms with Gasteiger partial charge in [0.2, 0.25) is 0 Å². The summed E-state index contributed by atoms with van der Waals surface area (Å²) in [5.41, 5.74) is 6.79. The van der Waals surface area contributed by atoms with Crippen LogP contribution in [0.4, 0.5) is 0 Å². The van der Waals surface area contributed by atoms with E-state index in [9.17, 15) is 0 Å². The Morgan fingerprint density at radius 3 is 2.33 bits per heavy atom. The van der Waals surface area contributed by atoms with Crippen LogP contribution in [0.3, 0.4) is 0 Å². The molecule has 0 radical (unpaired) electrons. The lowest BCUT2D eigenvalue weighted by atomic mass is 9.85. The number of aromatic nitrogens is 2. The zero-order valence-corrected chi connectivity index (χ0v) is 10.3. The van der Waals surface area contributed by atoms with Crippen molar-refractivity contribution in [2.24, 2.45) is 23.5 Å².